The number of nitrogens with one attached hydrogen (secondary N) is 1. The maximum Gasteiger partial charge on any atom is 0.539 e. The van der Waals surface area contributed by atoms with Crippen LogP contribution in [0, 0.1) is 0 Å². The topological polar surface area (TPSA) is 111 Å². The molecular formula is C2H4N2O5. The van der Waals surface area contributed by atoms with Crippen LogP contribution >= 0.6 is 0 Å². The van der Waals surface area contributed by atoms with Gasteiger partial charge in [0.15, 0.2) is 0 Å². The van der Waals surface area contributed by atoms with Gasteiger partial charge in [0.2, 0.25) is 0 Å². The second-order valence-electron chi connectivity index (χ2n) is 0.899. The lowest BCUT2D eigenvalue weighted by molar-refractivity contribution is -0.281. The van der Waals surface area contributed by atoms with Gasteiger partial charge in [-0.15, -0.1) is 0 Å². The van der Waals surface area contributed by atoms with Gasteiger partial charge in [-0.25, -0.2) is 14.5 Å². The van der Waals surface area contributed by atoms with Crippen molar-refractivity contribution in [3.63, 3.8) is 0 Å². The molecule has 0 aromatic rings. The van der Waals surface area contributed by atoms with Gasteiger partial charge in [0.25, 0.3) is 0 Å². The van der Waals surface area contributed by atoms with Crippen LogP contribution in [0.15, 0.2) is 0 Å². The predicted molar refractivity (Wildman–Crippen MR) is 22.9 cm³/mol. The second-order valence-corrected chi connectivity index (χ2v) is 0.899. The predicted octanol–water partition coefficient (Wildman–Crippen LogP) is -0.804. The van der Waals surface area contributed by atoms with Crippen molar-refractivity contribution in [3.05, 3.63) is 0 Å². The Morgan fingerprint density at radius 2 is 2.11 bits per heavy atom. The van der Waals surface area contributed by atoms with Gasteiger partial charge in [-0.05, 0) is 0 Å². The number of rotatable bonds is 2. The lowest BCUT2D eigenvalue weighted by Gasteiger charge is -1.95. The molecule has 0 aliphatic carbocycles. The van der Waals surface area contributed by atoms with E-state index in [-0.39, 0.29) is 0 Å². The van der Waals surface area contributed by atoms with Crippen LogP contribution in [0.2, 0.25) is 0 Å². The Morgan fingerprint density at radius 1 is 1.56 bits per heavy atom. The summed E-state index contributed by atoms with van der Waals surface area (Å²) in [6.07, 6.45) is -1.68. The number of carbonyl (C=O) groups is 2. The molecule has 0 aliphatic heterocycles. The number of nitrogens with two attached hydrogens (primary N) is 1. The van der Waals surface area contributed by atoms with Gasteiger partial charge < -0.3 is 10.8 Å². The fraction of sp³-hybridized carbons (Fsp3) is 0. The Balaban J connectivity index is 3.10. The second kappa shape index (κ2) is 3.50. The largest absolute Gasteiger partial charge is 0.539 e. The van der Waals surface area contributed by atoms with E-state index in [9.17, 15) is 9.59 Å². The summed E-state index contributed by atoms with van der Waals surface area (Å²) in [5.41, 5.74) is 5.84. The molecule has 9 heavy (non-hydrogen) atoms. The molecule has 0 atom stereocenters. The molecule has 0 radical (unpaired) electrons. The number of hydrogen-bond acceptors (Lipinski definition) is 4. The van der Waals surface area contributed by atoms with E-state index < -0.39 is 12.2 Å². The average Bonchev–Trinajstić information content (AvgIpc) is 1.63. The highest BCUT2D eigenvalue weighted by molar-refractivity contribution is 5.70. The smallest absolute Gasteiger partial charge is 0.448 e. The van der Waals surface area contributed by atoms with Gasteiger partial charge in [0.1, 0.15) is 0 Å². The Kier molecular flexibility index (Phi) is 2.91. The Morgan fingerprint density at radius 3 is 2.44 bits per heavy atom. The van der Waals surface area contributed by atoms with E-state index >= 15 is 0 Å². The highest BCUT2D eigenvalue weighted by atomic mass is 17.3. The fourth-order valence-corrected chi connectivity index (χ4v) is 0.0975. The van der Waals surface area contributed by atoms with Gasteiger partial charge in [0, 0.05) is 0 Å². The van der Waals surface area contributed by atoms with E-state index in [0.29, 0.717) is 0 Å². The van der Waals surface area contributed by atoms with Crippen molar-refractivity contribution in [3.8, 4) is 0 Å². The van der Waals surface area contributed by atoms with E-state index in [2.05, 4.69) is 15.6 Å². The monoisotopic (exact) mass is 136 g/mol. The zero-order valence-electron chi connectivity index (χ0n) is 4.16. The van der Waals surface area contributed by atoms with Gasteiger partial charge in [-0.3, -0.25) is 0 Å². The molecule has 0 rings (SSSR count). The van der Waals surface area contributed by atoms with Crippen LogP contribution in [0.3, 0.4) is 0 Å². The molecule has 0 fully saturated rings. The number of amides is 2. The maximum atomic E-state index is 9.69. The maximum absolute atomic E-state index is 9.69. The summed E-state index contributed by atoms with van der Waals surface area (Å²) >= 11 is 0. The summed E-state index contributed by atoms with van der Waals surface area (Å²) in [6.45, 7) is 0. The van der Waals surface area contributed by atoms with E-state index in [1.807, 2.05) is 0 Å². The van der Waals surface area contributed by atoms with Crippen molar-refractivity contribution in [2.24, 2.45) is 5.73 Å². The lowest BCUT2D eigenvalue weighted by atomic mass is 11.2. The van der Waals surface area contributed by atoms with Gasteiger partial charge in [-0.2, -0.15) is 5.48 Å². The average molecular weight is 136 g/mol. The third kappa shape index (κ3) is 6.50. The number of hydrogen-bond donors (Lipinski definition) is 3. The van der Waals surface area contributed by atoms with Crippen molar-refractivity contribution in [2.45, 2.75) is 0 Å². The molecule has 0 aliphatic rings. The van der Waals surface area contributed by atoms with Gasteiger partial charge in [0.05, 0.1) is 0 Å². The molecule has 7 nitrogen and oxygen atoms in total. The van der Waals surface area contributed by atoms with Crippen LogP contribution in [0.5, 0.6) is 0 Å². The zero-order valence-corrected chi connectivity index (χ0v) is 4.16. The van der Waals surface area contributed by atoms with Crippen molar-refractivity contribution < 1.29 is 24.6 Å². The zero-order chi connectivity index (χ0) is 7.28. The molecular weight excluding hydrogens is 132 g/mol. The molecule has 4 N–H and O–H groups in total. The van der Waals surface area contributed by atoms with Crippen molar-refractivity contribution >= 4 is 12.2 Å². The molecule has 0 saturated heterocycles. The number of hydroxylamine groups is 1. The fourth-order valence-electron chi connectivity index (χ4n) is 0.0975. The molecule has 2 amide bonds. The number of primary amides is 1. The normalized spacial score (nSPS) is 8.00. The summed E-state index contributed by atoms with van der Waals surface area (Å²) in [5, 5.41) is 7.69. The van der Waals surface area contributed by atoms with Crippen molar-refractivity contribution in [2.75, 3.05) is 0 Å². The standard InChI is InChI=1S/C2H4N2O5/c3-1(5)4-9-8-2(6)7/h(H,6,7)(H3,3,4,5). The summed E-state index contributed by atoms with van der Waals surface area (Å²) in [6, 6.07) is -1.05. The van der Waals surface area contributed by atoms with Gasteiger partial charge >= 0.3 is 12.2 Å². The summed E-state index contributed by atoms with van der Waals surface area (Å²) in [5.74, 6) is 0. The number of urea groups is 1. The van der Waals surface area contributed by atoms with Crippen LogP contribution in [0.25, 0.3) is 0 Å². The van der Waals surface area contributed by atoms with E-state index in [4.69, 9.17) is 5.11 Å². The van der Waals surface area contributed by atoms with Gasteiger partial charge in [-0.1, -0.05) is 4.99 Å². The highest BCUT2D eigenvalue weighted by Gasteiger charge is 1.97. The quantitative estimate of drug-likeness (QED) is 0.339. The number of carboxylic acid groups (broad SMARTS) is 1. The molecule has 0 aromatic carbocycles. The van der Waals surface area contributed by atoms with Crippen LogP contribution in [0.1, 0.15) is 0 Å². The van der Waals surface area contributed by atoms with Crippen LogP contribution in [-0.2, 0) is 9.88 Å². The first-order valence-electron chi connectivity index (χ1n) is 1.75. The van der Waals surface area contributed by atoms with Crippen LogP contribution < -0.4 is 11.2 Å². The molecule has 0 aromatic heterocycles. The van der Waals surface area contributed by atoms with Crippen LogP contribution in [-0.4, -0.2) is 17.3 Å². The molecule has 0 saturated carbocycles. The summed E-state index contributed by atoms with van der Waals surface area (Å²) in [4.78, 5) is 26.0. The minimum Gasteiger partial charge on any atom is -0.448 e. The highest BCUT2D eigenvalue weighted by Crippen LogP contribution is 1.72. The van der Waals surface area contributed by atoms with E-state index in [1.165, 1.54) is 5.48 Å². The third-order valence-electron chi connectivity index (χ3n) is 0.255. The first-order chi connectivity index (χ1) is 4.13. The van der Waals surface area contributed by atoms with E-state index in [1.54, 1.807) is 0 Å². The minimum atomic E-state index is -1.68. The Hall–Kier alpha value is -1.50. The Bertz CT molecular complexity index is 108. The first-order valence-corrected chi connectivity index (χ1v) is 1.75. The Labute approximate surface area is 49.2 Å². The summed E-state index contributed by atoms with van der Waals surface area (Å²) < 4.78 is 0. The molecule has 7 heteroatoms. The van der Waals surface area contributed by atoms with Crippen molar-refractivity contribution in [1.29, 1.82) is 0 Å². The molecule has 52 valence electrons. The minimum absolute atomic E-state index is 1.05. The molecule has 0 spiro atoms. The molecule has 0 heterocycles. The lowest BCUT2D eigenvalue weighted by Crippen LogP contribution is -2.30. The SMILES string of the molecule is NC(=O)NOOC(=O)O. The molecule has 0 bridgehead atoms. The van der Waals surface area contributed by atoms with E-state index in [0.717, 1.165) is 0 Å². The molecule has 0 unspecified atom stereocenters. The third-order valence-corrected chi connectivity index (χ3v) is 0.255. The summed E-state index contributed by atoms with van der Waals surface area (Å²) in [7, 11) is 0. The van der Waals surface area contributed by atoms with Crippen molar-refractivity contribution in [1.82, 2.24) is 5.48 Å². The van der Waals surface area contributed by atoms with Crippen LogP contribution in [0.4, 0.5) is 9.59 Å². The number of carbonyl (C=O) groups excluding carboxylic acids is 1. The first kappa shape index (κ1) is 7.50.